The summed E-state index contributed by atoms with van der Waals surface area (Å²) in [5, 5.41) is 4.59. The average molecular weight is 271 g/mol. The van der Waals surface area contributed by atoms with Crippen molar-refractivity contribution in [2.75, 3.05) is 6.54 Å². The highest BCUT2D eigenvalue weighted by Crippen LogP contribution is 2.39. The molecule has 0 bridgehead atoms. The van der Waals surface area contributed by atoms with Crippen LogP contribution in [0.1, 0.15) is 31.1 Å². The van der Waals surface area contributed by atoms with Crippen LogP contribution >= 0.6 is 0 Å². The maximum atomic E-state index is 6.00. The van der Waals surface area contributed by atoms with Crippen molar-refractivity contribution in [2.45, 2.75) is 39.3 Å². The minimum absolute atomic E-state index is 0.103. The number of benzene rings is 1. The van der Waals surface area contributed by atoms with Gasteiger partial charge in [-0.2, -0.15) is 5.10 Å². The molecule has 0 unspecified atom stereocenters. The van der Waals surface area contributed by atoms with Crippen LogP contribution in [0.5, 0.6) is 5.75 Å². The largest absolute Gasteiger partial charge is 0.488 e. The molecule has 1 aromatic heterocycles. The molecule has 4 heteroatoms. The van der Waals surface area contributed by atoms with Gasteiger partial charge < -0.3 is 10.5 Å². The van der Waals surface area contributed by atoms with E-state index >= 15 is 0 Å². The Balaban J connectivity index is 2.06. The topological polar surface area (TPSA) is 53.1 Å². The highest BCUT2D eigenvalue weighted by atomic mass is 16.5. The third kappa shape index (κ3) is 2.10. The van der Waals surface area contributed by atoms with E-state index in [1.165, 1.54) is 5.56 Å². The van der Waals surface area contributed by atoms with Crippen LogP contribution in [0.3, 0.4) is 0 Å². The first-order chi connectivity index (χ1) is 9.60. The minimum Gasteiger partial charge on any atom is -0.488 e. The van der Waals surface area contributed by atoms with Crippen molar-refractivity contribution in [1.29, 1.82) is 0 Å². The van der Waals surface area contributed by atoms with Crippen LogP contribution in [0.25, 0.3) is 11.1 Å². The van der Waals surface area contributed by atoms with Gasteiger partial charge in [0.25, 0.3) is 0 Å². The van der Waals surface area contributed by atoms with Crippen LogP contribution in [-0.4, -0.2) is 22.4 Å². The van der Waals surface area contributed by atoms with Gasteiger partial charge in [0.05, 0.1) is 5.69 Å². The number of hydrogen-bond donors (Lipinski definition) is 1. The lowest BCUT2D eigenvalue weighted by atomic mass is 10.0. The van der Waals surface area contributed by atoms with Crippen molar-refractivity contribution < 1.29 is 4.74 Å². The smallest absolute Gasteiger partial charge is 0.131 e. The molecular weight excluding hydrogens is 250 g/mol. The summed E-state index contributed by atoms with van der Waals surface area (Å²) in [6.45, 7) is 6.86. The van der Waals surface area contributed by atoms with Gasteiger partial charge in [-0.25, -0.2) is 0 Å². The summed E-state index contributed by atoms with van der Waals surface area (Å²) < 4.78 is 8.00. The summed E-state index contributed by atoms with van der Waals surface area (Å²) in [5.74, 6) is 0.981. The van der Waals surface area contributed by atoms with Crippen molar-refractivity contribution in [3.8, 4) is 16.9 Å². The Kier molecular flexibility index (Phi) is 3.26. The molecule has 1 atom stereocenters. The van der Waals surface area contributed by atoms with Gasteiger partial charge in [0.2, 0.25) is 0 Å². The zero-order valence-electron chi connectivity index (χ0n) is 12.3. The van der Waals surface area contributed by atoms with Crippen LogP contribution in [0.4, 0.5) is 0 Å². The lowest BCUT2D eigenvalue weighted by molar-refractivity contribution is 0.242. The van der Waals surface area contributed by atoms with Crippen LogP contribution < -0.4 is 10.5 Å². The van der Waals surface area contributed by atoms with Gasteiger partial charge in [0.15, 0.2) is 0 Å². The Morgan fingerprint density at radius 3 is 2.85 bits per heavy atom. The normalized spacial score (nSPS) is 17.4. The number of nitrogens with two attached hydrogens (primary N) is 1. The number of aryl methyl sites for hydroxylation is 1. The summed E-state index contributed by atoms with van der Waals surface area (Å²) in [6.07, 6.45) is 3.11. The zero-order chi connectivity index (χ0) is 14.3. The number of ether oxygens (including phenoxy) is 1. The first kappa shape index (κ1) is 13.2. The van der Waals surface area contributed by atoms with E-state index in [1.54, 1.807) is 0 Å². The summed E-state index contributed by atoms with van der Waals surface area (Å²) >= 11 is 0. The van der Waals surface area contributed by atoms with Crippen LogP contribution in [0.2, 0.25) is 0 Å². The first-order valence-electron chi connectivity index (χ1n) is 7.15. The molecule has 0 spiro atoms. The molecule has 0 fully saturated rings. The summed E-state index contributed by atoms with van der Waals surface area (Å²) in [7, 11) is 0. The number of hydrogen-bond acceptors (Lipinski definition) is 3. The molecule has 1 aliphatic rings. The fourth-order valence-electron chi connectivity index (χ4n) is 2.69. The molecule has 20 heavy (non-hydrogen) atoms. The van der Waals surface area contributed by atoms with Gasteiger partial charge in [-0.15, -0.1) is 0 Å². The lowest BCUT2D eigenvalue weighted by Crippen LogP contribution is -2.24. The maximum Gasteiger partial charge on any atom is 0.131 e. The molecule has 0 radical (unpaired) electrons. The SMILES string of the molecule is Cc1nn(C(C)C)cc1-c1cccc2c1O[C@H](CN)C2. The van der Waals surface area contributed by atoms with Crippen molar-refractivity contribution in [3.05, 3.63) is 35.7 Å². The van der Waals surface area contributed by atoms with Gasteiger partial charge >= 0.3 is 0 Å². The Morgan fingerprint density at radius 1 is 1.40 bits per heavy atom. The molecule has 106 valence electrons. The second kappa shape index (κ2) is 4.94. The summed E-state index contributed by atoms with van der Waals surface area (Å²) in [4.78, 5) is 0. The molecule has 1 aliphatic heterocycles. The molecule has 2 aromatic rings. The second-order valence-corrected chi connectivity index (χ2v) is 5.68. The van der Waals surface area contributed by atoms with E-state index in [0.29, 0.717) is 12.6 Å². The third-order valence-corrected chi connectivity index (χ3v) is 3.83. The molecule has 3 rings (SSSR count). The highest BCUT2D eigenvalue weighted by Gasteiger charge is 2.25. The number of aromatic nitrogens is 2. The van der Waals surface area contributed by atoms with E-state index in [9.17, 15) is 0 Å². The Hall–Kier alpha value is -1.81. The van der Waals surface area contributed by atoms with Gasteiger partial charge in [-0.1, -0.05) is 18.2 Å². The molecule has 2 heterocycles. The monoisotopic (exact) mass is 271 g/mol. The number of rotatable bonds is 3. The Morgan fingerprint density at radius 2 is 2.20 bits per heavy atom. The summed E-state index contributed by atoms with van der Waals surface area (Å²) in [5.41, 5.74) is 10.3. The molecule has 0 saturated heterocycles. The molecule has 4 nitrogen and oxygen atoms in total. The highest BCUT2D eigenvalue weighted by molar-refractivity contribution is 5.74. The van der Waals surface area contributed by atoms with E-state index in [2.05, 4.69) is 43.3 Å². The summed E-state index contributed by atoms with van der Waals surface area (Å²) in [6, 6.07) is 6.67. The van der Waals surface area contributed by atoms with Crippen molar-refractivity contribution in [3.63, 3.8) is 0 Å². The van der Waals surface area contributed by atoms with Gasteiger partial charge in [-0.3, -0.25) is 4.68 Å². The first-order valence-corrected chi connectivity index (χ1v) is 7.15. The predicted octanol–water partition coefficient (Wildman–Crippen LogP) is 2.70. The fourth-order valence-corrected chi connectivity index (χ4v) is 2.69. The molecule has 0 saturated carbocycles. The molecule has 0 aliphatic carbocycles. The van der Waals surface area contributed by atoms with E-state index in [-0.39, 0.29) is 6.10 Å². The molecule has 2 N–H and O–H groups in total. The van der Waals surface area contributed by atoms with Crippen LogP contribution in [0.15, 0.2) is 24.4 Å². The van der Waals surface area contributed by atoms with Crippen LogP contribution in [0, 0.1) is 6.92 Å². The van der Waals surface area contributed by atoms with Gasteiger partial charge in [0.1, 0.15) is 11.9 Å². The van der Waals surface area contributed by atoms with Gasteiger partial charge in [0, 0.05) is 36.3 Å². The van der Waals surface area contributed by atoms with E-state index in [1.807, 2.05) is 11.6 Å². The molecular formula is C16H21N3O. The maximum absolute atomic E-state index is 6.00. The van der Waals surface area contributed by atoms with Crippen LogP contribution in [-0.2, 0) is 6.42 Å². The standard InChI is InChI=1S/C16H21N3O/c1-10(2)19-9-15(11(3)18-19)14-6-4-5-12-7-13(8-17)20-16(12)14/h4-6,9-10,13H,7-8,17H2,1-3H3/t13-/m0/s1. The van der Waals surface area contributed by atoms with E-state index in [4.69, 9.17) is 10.5 Å². The van der Waals surface area contributed by atoms with Crippen molar-refractivity contribution in [2.24, 2.45) is 5.73 Å². The van der Waals surface area contributed by atoms with Crippen molar-refractivity contribution >= 4 is 0 Å². The van der Waals surface area contributed by atoms with Gasteiger partial charge in [-0.05, 0) is 26.3 Å². The molecule has 0 amide bonds. The number of para-hydroxylation sites is 1. The Bertz CT molecular complexity index is 631. The minimum atomic E-state index is 0.103. The second-order valence-electron chi connectivity index (χ2n) is 5.68. The average Bonchev–Trinajstić information content (AvgIpc) is 3.01. The molecule has 1 aromatic carbocycles. The van der Waals surface area contributed by atoms with E-state index in [0.717, 1.165) is 29.0 Å². The number of nitrogens with zero attached hydrogens (tertiary/aromatic N) is 2. The predicted molar refractivity (Wildman–Crippen MR) is 80.0 cm³/mol. The lowest BCUT2D eigenvalue weighted by Gasteiger charge is -2.10. The Labute approximate surface area is 119 Å². The quantitative estimate of drug-likeness (QED) is 0.933. The van der Waals surface area contributed by atoms with Crippen molar-refractivity contribution in [1.82, 2.24) is 9.78 Å². The fraction of sp³-hybridized carbons (Fsp3) is 0.438. The number of fused-ring (bicyclic) bond motifs is 1. The zero-order valence-corrected chi connectivity index (χ0v) is 12.3. The van der Waals surface area contributed by atoms with E-state index < -0.39 is 0 Å². The third-order valence-electron chi connectivity index (χ3n) is 3.83.